The lowest BCUT2D eigenvalue weighted by molar-refractivity contribution is 0.493. The monoisotopic (exact) mass is 309 g/mol. The SMILES string of the molecule is Cc1nn(Cc2nnc3n2CCCC3)c(C)c1Br. The summed E-state index contributed by atoms with van der Waals surface area (Å²) in [5.74, 6) is 2.14. The van der Waals surface area contributed by atoms with Gasteiger partial charge < -0.3 is 4.57 Å². The molecule has 0 spiro atoms. The van der Waals surface area contributed by atoms with Crippen molar-refractivity contribution >= 4 is 15.9 Å². The maximum atomic E-state index is 4.52. The molecule has 0 bridgehead atoms. The summed E-state index contributed by atoms with van der Waals surface area (Å²) >= 11 is 3.55. The molecule has 3 rings (SSSR count). The van der Waals surface area contributed by atoms with Crippen molar-refractivity contribution in [3.05, 3.63) is 27.5 Å². The minimum Gasteiger partial charge on any atom is -0.313 e. The first-order chi connectivity index (χ1) is 8.66. The zero-order valence-corrected chi connectivity index (χ0v) is 12.2. The van der Waals surface area contributed by atoms with Crippen molar-refractivity contribution < 1.29 is 0 Å². The number of halogens is 1. The molecule has 0 radical (unpaired) electrons. The summed E-state index contributed by atoms with van der Waals surface area (Å²) in [6.45, 7) is 5.81. The molecule has 0 unspecified atom stereocenters. The van der Waals surface area contributed by atoms with Crippen molar-refractivity contribution in [2.75, 3.05) is 0 Å². The predicted octanol–water partition coefficient (Wildman–Crippen LogP) is 2.24. The number of fused-ring (bicyclic) bond motifs is 1. The Morgan fingerprint density at radius 1 is 1.22 bits per heavy atom. The van der Waals surface area contributed by atoms with Gasteiger partial charge in [-0.25, -0.2) is 0 Å². The summed E-state index contributed by atoms with van der Waals surface area (Å²) in [5.41, 5.74) is 2.16. The van der Waals surface area contributed by atoms with Crippen LogP contribution in [0.1, 0.15) is 35.9 Å². The average molecular weight is 310 g/mol. The third kappa shape index (κ3) is 1.88. The average Bonchev–Trinajstić information content (AvgIpc) is 2.89. The van der Waals surface area contributed by atoms with E-state index >= 15 is 0 Å². The summed E-state index contributed by atoms with van der Waals surface area (Å²) in [6, 6.07) is 0. The van der Waals surface area contributed by atoms with Gasteiger partial charge in [-0.15, -0.1) is 10.2 Å². The van der Waals surface area contributed by atoms with Gasteiger partial charge in [0, 0.05) is 13.0 Å². The van der Waals surface area contributed by atoms with Crippen molar-refractivity contribution in [3.63, 3.8) is 0 Å². The Hall–Kier alpha value is -1.17. The molecule has 0 amide bonds. The third-order valence-corrected chi connectivity index (χ3v) is 4.67. The van der Waals surface area contributed by atoms with Crippen LogP contribution in [-0.2, 0) is 19.5 Å². The molecule has 96 valence electrons. The zero-order valence-electron chi connectivity index (χ0n) is 10.6. The molecule has 3 heterocycles. The first-order valence-electron chi connectivity index (χ1n) is 6.27. The summed E-state index contributed by atoms with van der Waals surface area (Å²) in [5, 5.41) is 13.1. The Morgan fingerprint density at radius 3 is 2.78 bits per heavy atom. The minimum atomic E-state index is 0.700. The van der Waals surface area contributed by atoms with Crippen LogP contribution in [0.2, 0.25) is 0 Å². The van der Waals surface area contributed by atoms with E-state index in [4.69, 9.17) is 0 Å². The Labute approximate surface area is 114 Å². The Kier molecular flexibility index (Phi) is 2.97. The maximum Gasteiger partial charge on any atom is 0.154 e. The predicted molar refractivity (Wildman–Crippen MR) is 71.5 cm³/mol. The fourth-order valence-electron chi connectivity index (χ4n) is 2.45. The van der Waals surface area contributed by atoms with E-state index in [1.807, 2.05) is 11.6 Å². The smallest absolute Gasteiger partial charge is 0.154 e. The summed E-state index contributed by atoms with van der Waals surface area (Å²) < 4.78 is 5.32. The summed E-state index contributed by atoms with van der Waals surface area (Å²) in [4.78, 5) is 0. The van der Waals surface area contributed by atoms with Crippen LogP contribution in [0.25, 0.3) is 0 Å². The Balaban J connectivity index is 1.92. The highest BCUT2D eigenvalue weighted by molar-refractivity contribution is 9.10. The van der Waals surface area contributed by atoms with E-state index in [2.05, 4.69) is 42.7 Å². The molecule has 0 atom stereocenters. The van der Waals surface area contributed by atoms with E-state index in [0.29, 0.717) is 6.54 Å². The van der Waals surface area contributed by atoms with Gasteiger partial charge in [0.1, 0.15) is 12.4 Å². The molecular weight excluding hydrogens is 294 g/mol. The lowest BCUT2D eigenvalue weighted by atomic mass is 10.2. The fraction of sp³-hybridized carbons (Fsp3) is 0.583. The van der Waals surface area contributed by atoms with Gasteiger partial charge in [0.25, 0.3) is 0 Å². The van der Waals surface area contributed by atoms with Gasteiger partial charge in [0.15, 0.2) is 5.82 Å². The van der Waals surface area contributed by atoms with Gasteiger partial charge in [-0.1, -0.05) is 0 Å². The second kappa shape index (κ2) is 4.50. The van der Waals surface area contributed by atoms with Crippen molar-refractivity contribution in [2.24, 2.45) is 0 Å². The van der Waals surface area contributed by atoms with Crippen LogP contribution in [0.5, 0.6) is 0 Å². The quantitative estimate of drug-likeness (QED) is 0.855. The molecule has 5 nitrogen and oxygen atoms in total. The first-order valence-corrected chi connectivity index (χ1v) is 7.06. The van der Waals surface area contributed by atoms with E-state index in [1.165, 1.54) is 12.8 Å². The lowest BCUT2D eigenvalue weighted by Gasteiger charge is -2.14. The van der Waals surface area contributed by atoms with Crippen LogP contribution in [0.3, 0.4) is 0 Å². The summed E-state index contributed by atoms with van der Waals surface area (Å²) in [7, 11) is 0. The fourth-order valence-corrected chi connectivity index (χ4v) is 2.73. The van der Waals surface area contributed by atoms with Crippen LogP contribution in [0.15, 0.2) is 4.47 Å². The molecule has 1 aliphatic heterocycles. The van der Waals surface area contributed by atoms with Gasteiger partial charge >= 0.3 is 0 Å². The second-order valence-electron chi connectivity index (χ2n) is 4.78. The molecule has 0 saturated heterocycles. The lowest BCUT2D eigenvalue weighted by Crippen LogP contribution is -2.16. The molecule has 0 aromatic carbocycles. The molecule has 0 N–H and O–H groups in total. The van der Waals surface area contributed by atoms with Gasteiger partial charge in [-0.3, -0.25) is 4.68 Å². The van der Waals surface area contributed by atoms with Crippen LogP contribution < -0.4 is 0 Å². The van der Waals surface area contributed by atoms with Gasteiger partial charge in [-0.05, 0) is 42.6 Å². The van der Waals surface area contributed by atoms with Crippen molar-refractivity contribution in [1.29, 1.82) is 0 Å². The Morgan fingerprint density at radius 2 is 2.06 bits per heavy atom. The number of hydrogen-bond donors (Lipinski definition) is 0. The van der Waals surface area contributed by atoms with Crippen molar-refractivity contribution in [1.82, 2.24) is 24.5 Å². The topological polar surface area (TPSA) is 48.5 Å². The second-order valence-corrected chi connectivity index (χ2v) is 5.58. The summed E-state index contributed by atoms with van der Waals surface area (Å²) in [6.07, 6.45) is 3.50. The third-order valence-electron chi connectivity index (χ3n) is 3.52. The van der Waals surface area contributed by atoms with Crippen LogP contribution in [-0.4, -0.2) is 24.5 Å². The van der Waals surface area contributed by atoms with Crippen molar-refractivity contribution in [3.8, 4) is 0 Å². The zero-order chi connectivity index (χ0) is 12.7. The van der Waals surface area contributed by atoms with Crippen LogP contribution >= 0.6 is 15.9 Å². The first kappa shape index (κ1) is 11.9. The highest BCUT2D eigenvalue weighted by atomic mass is 79.9. The minimum absolute atomic E-state index is 0.700. The number of nitrogens with zero attached hydrogens (tertiary/aromatic N) is 5. The highest BCUT2D eigenvalue weighted by Crippen LogP contribution is 2.21. The highest BCUT2D eigenvalue weighted by Gasteiger charge is 2.17. The van der Waals surface area contributed by atoms with E-state index in [1.54, 1.807) is 0 Å². The van der Waals surface area contributed by atoms with Crippen molar-refractivity contribution in [2.45, 2.75) is 46.2 Å². The molecule has 0 fully saturated rings. The van der Waals surface area contributed by atoms with Gasteiger partial charge in [0.2, 0.25) is 0 Å². The maximum absolute atomic E-state index is 4.52. The van der Waals surface area contributed by atoms with Gasteiger partial charge in [0.05, 0.1) is 15.9 Å². The van der Waals surface area contributed by atoms with E-state index in [-0.39, 0.29) is 0 Å². The number of hydrogen-bond acceptors (Lipinski definition) is 3. The van der Waals surface area contributed by atoms with E-state index in [0.717, 1.165) is 40.5 Å². The molecule has 1 aliphatic rings. The number of rotatable bonds is 2. The molecule has 0 aliphatic carbocycles. The molecule has 0 saturated carbocycles. The number of aryl methyl sites for hydroxylation is 2. The van der Waals surface area contributed by atoms with Crippen LogP contribution in [0.4, 0.5) is 0 Å². The molecule has 6 heteroatoms. The van der Waals surface area contributed by atoms with Crippen LogP contribution in [0, 0.1) is 13.8 Å². The number of aromatic nitrogens is 5. The van der Waals surface area contributed by atoms with E-state index in [9.17, 15) is 0 Å². The normalized spacial score (nSPS) is 14.8. The molecule has 2 aromatic rings. The Bertz CT molecular complexity index is 584. The molecule has 2 aromatic heterocycles. The molecular formula is C12H16BrN5. The van der Waals surface area contributed by atoms with E-state index < -0.39 is 0 Å². The molecule has 18 heavy (non-hydrogen) atoms. The standard InChI is InChI=1S/C12H16BrN5/c1-8-12(13)9(2)18(16-8)7-11-15-14-10-5-3-4-6-17(10)11/h3-7H2,1-2H3. The van der Waals surface area contributed by atoms with Gasteiger partial charge in [-0.2, -0.15) is 5.10 Å². The largest absolute Gasteiger partial charge is 0.313 e.